The molecule has 0 aromatic heterocycles. The summed E-state index contributed by atoms with van der Waals surface area (Å²) in [5.41, 5.74) is 0.581. The number of sulfonamides is 1. The molecule has 0 saturated carbocycles. The standard InChI is InChI=1S/C17H17NO5S/c1-21-15-6-3-2-5-13(15)12-18-24(19,20)14-7-8-16-17(11-14)23-10-4-9-22-16/h2-3,5-8,11-12H,4,9-10H2,1H3/b18-12-. The fraction of sp³-hybridized carbons (Fsp3) is 0.235. The maximum Gasteiger partial charge on any atom is 0.282 e. The number of para-hydroxylation sites is 1. The molecule has 0 fully saturated rings. The van der Waals surface area contributed by atoms with Crippen LogP contribution in [-0.2, 0) is 10.0 Å². The number of benzene rings is 2. The summed E-state index contributed by atoms with van der Waals surface area (Å²) in [5, 5.41) is 0. The first kappa shape index (κ1) is 16.3. The first-order chi connectivity index (χ1) is 11.6. The number of fused-ring (bicyclic) bond motifs is 1. The second-order valence-electron chi connectivity index (χ2n) is 5.11. The maximum absolute atomic E-state index is 12.4. The van der Waals surface area contributed by atoms with Crippen molar-refractivity contribution in [2.24, 2.45) is 4.40 Å². The van der Waals surface area contributed by atoms with E-state index in [2.05, 4.69) is 4.40 Å². The first-order valence-corrected chi connectivity index (χ1v) is 8.87. The summed E-state index contributed by atoms with van der Waals surface area (Å²) >= 11 is 0. The number of nitrogens with zero attached hydrogens (tertiary/aromatic N) is 1. The van der Waals surface area contributed by atoms with Gasteiger partial charge < -0.3 is 14.2 Å². The molecule has 126 valence electrons. The quantitative estimate of drug-likeness (QED) is 0.795. The van der Waals surface area contributed by atoms with Crippen LogP contribution in [0.25, 0.3) is 0 Å². The topological polar surface area (TPSA) is 74.2 Å². The third-order valence-electron chi connectivity index (χ3n) is 3.49. The van der Waals surface area contributed by atoms with E-state index in [0.717, 1.165) is 6.42 Å². The average molecular weight is 347 g/mol. The highest BCUT2D eigenvalue weighted by Crippen LogP contribution is 2.32. The van der Waals surface area contributed by atoms with Crippen LogP contribution < -0.4 is 14.2 Å². The SMILES string of the molecule is COc1ccccc1/C=N\S(=O)(=O)c1ccc2c(c1)OCCCO2. The maximum atomic E-state index is 12.4. The smallest absolute Gasteiger partial charge is 0.282 e. The van der Waals surface area contributed by atoms with Gasteiger partial charge in [0.2, 0.25) is 0 Å². The molecule has 1 aliphatic heterocycles. The Morgan fingerprint density at radius 2 is 1.83 bits per heavy atom. The highest BCUT2D eigenvalue weighted by atomic mass is 32.2. The average Bonchev–Trinajstić information content (AvgIpc) is 2.85. The molecule has 1 heterocycles. The third kappa shape index (κ3) is 3.51. The van der Waals surface area contributed by atoms with Crippen LogP contribution in [-0.4, -0.2) is 35.0 Å². The van der Waals surface area contributed by atoms with Crippen LogP contribution in [0.15, 0.2) is 51.8 Å². The summed E-state index contributed by atoms with van der Waals surface area (Å²) < 4.78 is 44.8. The predicted molar refractivity (Wildman–Crippen MR) is 89.8 cm³/mol. The van der Waals surface area contributed by atoms with Crippen LogP contribution in [0, 0.1) is 0 Å². The summed E-state index contributed by atoms with van der Waals surface area (Å²) in [6.45, 7) is 1.03. The van der Waals surface area contributed by atoms with Crippen molar-refractivity contribution in [2.75, 3.05) is 20.3 Å². The molecule has 0 atom stereocenters. The number of hydrogen-bond donors (Lipinski definition) is 0. The first-order valence-electron chi connectivity index (χ1n) is 7.43. The monoisotopic (exact) mass is 347 g/mol. The van der Waals surface area contributed by atoms with E-state index in [1.54, 1.807) is 30.3 Å². The van der Waals surface area contributed by atoms with Gasteiger partial charge in [0.05, 0.1) is 31.4 Å². The van der Waals surface area contributed by atoms with Crippen molar-refractivity contribution in [3.63, 3.8) is 0 Å². The molecule has 0 radical (unpaired) electrons. The van der Waals surface area contributed by atoms with E-state index < -0.39 is 10.0 Å². The Bertz CT molecular complexity index is 861. The Labute approximate surface area is 140 Å². The summed E-state index contributed by atoms with van der Waals surface area (Å²) in [6, 6.07) is 11.5. The Morgan fingerprint density at radius 1 is 1.08 bits per heavy atom. The lowest BCUT2D eigenvalue weighted by Gasteiger charge is -2.08. The van der Waals surface area contributed by atoms with Gasteiger partial charge in [-0.25, -0.2) is 0 Å². The van der Waals surface area contributed by atoms with Gasteiger partial charge in [0.15, 0.2) is 11.5 Å². The molecular formula is C17H17NO5S. The van der Waals surface area contributed by atoms with Crippen molar-refractivity contribution >= 4 is 16.2 Å². The van der Waals surface area contributed by atoms with Gasteiger partial charge in [0.1, 0.15) is 5.75 Å². The fourth-order valence-corrected chi connectivity index (χ4v) is 3.13. The molecule has 0 spiro atoms. The summed E-state index contributed by atoms with van der Waals surface area (Å²) in [4.78, 5) is 0.0536. The Morgan fingerprint density at radius 3 is 2.62 bits per heavy atom. The minimum atomic E-state index is -3.85. The highest BCUT2D eigenvalue weighted by molar-refractivity contribution is 7.90. The van der Waals surface area contributed by atoms with Gasteiger partial charge in [-0.3, -0.25) is 0 Å². The highest BCUT2D eigenvalue weighted by Gasteiger charge is 2.17. The number of rotatable bonds is 4. The Hall–Kier alpha value is -2.54. The lowest BCUT2D eigenvalue weighted by molar-refractivity contribution is 0.297. The van der Waals surface area contributed by atoms with Crippen molar-refractivity contribution < 1.29 is 22.6 Å². The molecule has 0 unspecified atom stereocenters. The van der Waals surface area contributed by atoms with Crippen LogP contribution in [0.2, 0.25) is 0 Å². The van der Waals surface area contributed by atoms with Crippen LogP contribution in [0.1, 0.15) is 12.0 Å². The predicted octanol–water partition coefficient (Wildman–Crippen LogP) is 2.66. The van der Waals surface area contributed by atoms with E-state index >= 15 is 0 Å². The fourth-order valence-electron chi connectivity index (χ4n) is 2.26. The van der Waals surface area contributed by atoms with E-state index in [1.165, 1.54) is 25.5 Å². The van der Waals surface area contributed by atoms with E-state index in [0.29, 0.717) is 36.0 Å². The molecule has 2 aromatic rings. The van der Waals surface area contributed by atoms with Crippen LogP contribution in [0.4, 0.5) is 0 Å². The summed E-state index contributed by atoms with van der Waals surface area (Å²) in [6.07, 6.45) is 2.03. The van der Waals surface area contributed by atoms with Gasteiger partial charge in [-0.15, -0.1) is 0 Å². The van der Waals surface area contributed by atoms with Crippen LogP contribution in [0.5, 0.6) is 17.2 Å². The second-order valence-corrected chi connectivity index (χ2v) is 6.74. The molecule has 0 saturated heterocycles. The van der Waals surface area contributed by atoms with Crippen LogP contribution >= 0.6 is 0 Å². The van der Waals surface area contributed by atoms with Crippen molar-refractivity contribution in [1.82, 2.24) is 0 Å². The molecule has 0 aliphatic carbocycles. The van der Waals surface area contributed by atoms with Crippen molar-refractivity contribution in [1.29, 1.82) is 0 Å². The molecule has 2 aromatic carbocycles. The molecule has 0 bridgehead atoms. The van der Waals surface area contributed by atoms with Gasteiger partial charge in [-0.05, 0) is 24.3 Å². The largest absolute Gasteiger partial charge is 0.496 e. The van der Waals surface area contributed by atoms with E-state index in [1.807, 2.05) is 0 Å². The molecule has 0 N–H and O–H groups in total. The molecular weight excluding hydrogens is 330 g/mol. The second kappa shape index (κ2) is 6.92. The van der Waals surface area contributed by atoms with Crippen LogP contribution in [0.3, 0.4) is 0 Å². The summed E-state index contributed by atoms with van der Waals surface area (Å²) in [5.74, 6) is 1.51. The lowest BCUT2D eigenvalue weighted by Crippen LogP contribution is -2.00. The number of ether oxygens (including phenoxy) is 3. The molecule has 3 rings (SSSR count). The third-order valence-corrected chi connectivity index (χ3v) is 4.72. The summed E-state index contributed by atoms with van der Waals surface area (Å²) in [7, 11) is -2.33. The van der Waals surface area contributed by atoms with E-state index in [9.17, 15) is 8.42 Å². The Kier molecular flexibility index (Phi) is 4.71. The number of methoxy groups -OCH3 is 1. The van der Waals surface area contributed by atoms with Crippen molar-refractivity contribution in [3.05, 3.63) is 48.0 Å². The zero-order valence-electron chi connectivity index (χ0n) is 13.1. The molecule has 7 heteroatoms. The van der Waals surface area contributed by atoms with E-state index in [4.69, 9.17) is 14.2 Å². The molecule has 1 aliphatic rings. The Balaban J connectivity index is 1.90. The van der Waals surface area contributed by atoms with Gasteiger partial charge in [-0.1, -0.05) is 12.1 Å². The lowest BCUT2D eigenvalue weighted by atomic mass is 10.2. The zero-order valence-corrected chi connectivity index (χ0v) is 14.0. The van der Waals surface area contributed by atoms with Gasteiger partial charge >= 0.3 is 0 Å². The van der Waals surface area contributed by atoms with Crippen molar-refractivity contribution in [2.45, 2.75) is 11.3 Å². The molecule has 24 heavy (non-hydrogen) atoms. The minimum Gasteiger partial charge on any atom is -0.496 e. The molecule has 6 nitrogen and oxygen atoms in total. The van der Waals surface area contributed by atoms with Gasteiger partial charge in [0.25, 0.3) is 10.0 Å². The minimum absolute atomic E-state index is 0.0536. The van der Waals surface area contributed by atoms with Gasteiger partial charge in [0, 0.05) is 18.1 Å². The normalized spacial score (nSPS) is 14.4. The molecule has 0 amide bonds. The zero-order chi connectivity index (χ0) is 17.0. The number of hydrogen-bond acceptors (Lipinski definition) is 5. The van der Waals surface area contributed by atoms with Crippen molar-refractivity contribution in [3.8, 4) is 17.2 Å². The van der Waals surface area contributed by atoms with Gasteiger partial charge in [-0.2, -0.15) is 12.8 Å². The van der Waals surface area contributed by atoms with E-state index in [-0.39, 0.29) is 4.90 Å².